The van der Waals surface area contributed by atoms with E-state index in [1.807, 2.05) is 29.2 Å². The molecule has 0 aliphatic carbocycles. The number of thiocarbonyl (C=S) groups is 1. The van der Waals surface area contributed by atoms with Crippen molar-refractivity contribution in [1.82, 2.24) is 15.6 Å². The van der Waals surface area contributed by atoms with Crippen molar-refractivity contribution in [2.45, 2.75) is 31.6 Å². The lowest BCUT2D eigenvalue weighted by Gasteiger charge is -2.34. The van der Waals surface area contributed by atoms with Crippen molar-refractivity contribution in [3.63, 3.8) is 0 Å². The maximum Gasteiger partial charge on any atom is 0.391 e. The average Bonchev–Trinajstić information content (AvgIpc) is 3.20. The van der Waals surface area contributed by atoms with Crippen molar-refractivity contribution in [3.8, 4) is 0 Å². The van der Waals surface area contributed by atoms with Crippen molar-refractivity contribution in [1.29, 1.82) is 0 Å². The molecule has 2 aromatic rings. The molecule has 3 N–H and O–H groups in total. The van der Waals surface area contributed by atoms with Crippen molar-refractivity contribution < 1.29 is 18.0 Å². The van der Waals surface area contributed by atoms with Crippen LogP contribution < -0.4 is 15.5 Å². The van der Waals surface area contributed by atoms with Crippen LogP contribution in [-0.2, 0) is 6.54 Å². The van der Waals surface area contributed by atoms with Crippen LogP contribution in [0, 0.1) is 5.92 Å². The quantitative estimate of drug-likeness (QED) is 0.661. The van der Waals surface area contributed by atoms with Gasteiger partial charge in [-0.25, -0.2) is 0 Å². The van der Waals surface area contributed by atoms with Crippen molar-refractivity contribution in [2.24, 2.45) is 5.92 Å². The van der Waals surface area contributed by atoms with Gasteiger partial charge >= 0.3 is 6.18 Å². The predicted octanol–water partition coefficient (Wildman–Crippen LogP) is 3.81. The molecular formula is C20H19F3N4OS. The molecule has 0 saturated carbocycles. The van der Waals surface area contributed by atoms with Crippen LogP contribution in [-0.4, -0.2) is 28.6 Å². The minimum atomic E-state index is -4.19. The second-order valence-corrected chi connectivity index (χ2v) is 7.40. The number of aromatic amines is 1. The third-order valence-corrected chi connectivity index (χ3v) is 5.66. The van der Waals surface area contributed by atoms with Crippen molar-refractivity contribution >= 4 is 28.8 Å². The van der Waals surface area contributed by atoms with Gasteiger partial charge in [-0.2, -0.15) is 13.2 Å². The first-order valence-corrected chi connectivity index (χ1v) is 9.68. The molecule has 2 atom stereocenters. The molecule has 2 aliphatic rings. The first-order valence-electron chi connectivity index (χ1n) is 9.27. The topological polar surface area (TPSA) is 60.2 Å². The molecule has 1 fully saturated rings. The standard InChI is InChI=1S/C20H19F3N4OS/c21-20(22,23)13-5-7-24-15(9-13)14-4-2-1-3-12(14)10-27-16-6-8-25-18(16)19(28)26-17(27)11-29/h1-4,6,8,13,15,24-25H,5,7,9-10H2,(H,26,28)/t13-,15-/m0/s1. The molecule has 9 heteroatoms. The number of halogens is 3. The molecule has 0 radical (unpaired) electrons. The summed E-state index contributed by atoms with van der Waals surface area (Å²) < 4.78 is 39.8. The Morgan fingerprint density at radius 2 is 2.03 bits per heavy atom. The number of rotatable bonds is 3. The first kappa shape index (κ1) is 19.7. The normalized spacial score (nSPS) is 22.1. The smallest absolute Gasteiger partial charge is 0.355 e. The van der Waals surface area contributed by atoms with Gasteiger partial charge in [0.15, 0.2) is 5.82 Å². The van der Waals surface area contributed by atoms with Gasteiger partial charge in [0, 0.05) is 12.2 Å². The van der Waals surface area contributed by atoms with Crippen LogP contribution in [0.25, 0.3) is 0 Å². The van der Waals surface area contributed by atoms with Gasteiger partial charge < -0.3 is 15.2 Å². The summed E-state index contributed by atoms with van der Waals surface area (Å²) in [5.74, 6) is -1.27. The first-order chi connectivity index (χ1) is 13.9. The number of carbonyl (C=O) groups is 1. The SMILES string of the molecule is O=C1NC(=C=S)N(Cc2ccccc2[C@@H]2C[C@@H](C(F)(F)F)CCN2)c2cc[nH]c21. The van der Waals surface area contributed by atoms with Crippen LogP contribution in [0.4, 0.5) is 18.9 Å². The Bertz CT molecular complexity index is 980. The van der Waals surface area contributed by atoms with E-state index in [-0.39, 0.29) is 18.7 Å². The fourth-order valence-electron chi connectivity index (χ4n) is 4.01. The van der Waals surface area contributed by atoms with E-state index < -0.39 is 18.1 Å². The van der Waals surface area contributed by atoms with Crippen LogP contribution in [0.15, 0.2) is 42.3 Å². The largest absolute Gasteiger partial charge is 0.391 e. The lowest BCUT2D eigenvalue weighted by molar-refractivity contribution is -0.183. The maximum absolute atomic E-state index is 13.3. The molecule has 1 saturated heterocycles. The molecule has 3 heterocycles. The Morgan fingerprint density at radius 3 is 2.79 bits per heavy atom. The Morgan fingerprint density at radius 1 is 1.24 bits per heavy atom. The Balaban J connectivity index is 1.65. The van der Waals surface area contributed by atoms with Gasteiger partial charge in [0.05, 0.1) is 18.2 Å². The minimum absolute atomic E-state index is 0.00249. The van der Waals surface area contributed by atoms with E-state index in [0.29, 0.717) is 30.3 Å². The van der Waals surface area contributed by atoms with Gasteiger partial charge in [-0.05, 0) is 53.8 Å². The third kappa shape index (κ3) is 3.81. The number of H-pyrrole nitrogens is 1. The number of piperidine rings is 1. The summed E-state index contributed by atoms with van der Waals surface area (Å²) in [5, 5.41) is 8.50. The van der Waals surface area contributed by atoms with E-state index >= 15 is 0 Å². The molecule has 29 heavy (non-hydrogen) atoms. The fraction of sp³-hybridized carbons (Fsp3) is 0.350. The van der Waals surface area contributed by atoms with Gasteiger partial charge in [0.25, 0.3) is 5.91 Å². The number of carbonyl (C=O) groups excluding carboxylic acids is 1. The summed E-state index contributed by atoms with van der Waals surface area (Å²) >= 11 is 4.94. The van der Waals surface area contributed by atoms with Crippen LogP contribution in [0.2, 0.25) is 0 Å². The number of aromatic nitrogens is 1. The number of nitrogens with one attached hydrogen (secondary N) is 3. The second-order valence-electron chi connectivity index (χ2n) is 7.20. The van der Waals surface area contributed by atoms with Gasteiger partial charge in [0.2, 0.25) is 0 Å². The summed E-state index contributed by atoms with van der Waals surface area (Å²) in [7, 11) is 0. The zero-order valence-electron chi connectivity index (χ0n) is 15.3. The molecular weight excluding hydrogens is 401 g/mol. The van der Waals surface area contributed by atoms with Gasteiger partial charge in [0.1, 0.15) is 5.69 Å². The van der Waals surface area contributed by atoms with Gasteiger partial charge in [-0.3, -0.25) is 10.1 Å². The highest BCUT2D eigenvalue weighted by atomic mass is 32.1. The Hall–Kier alpha value is -2.61. The fourth-order valence-corrected chi connectivity index (χ4v) is 4.17. The molecule has 5 nitrogen and oxygen atoms in total. The van der Waals surface area contributed by atoms with Crippen molar-refractivity contribution in [2.75, 3.05) is 11.4 Å². The number of nitrogens with zero attached hydrogens (tertiary/aromatic N) is 1. The van der Waals surface area contributed by atoms with Crippen LogP contribution in [0.5, 0.6) is 0 Å². The highest BCUT2D eigenvalue weighted by molar-refractivity contribution is 7.78. The van der Waals surface area contributed by atoms with Crippen molar-refractivity contribution in [3.05, 3.63) is 59.2 Å². The number of hydrogen-bond donors (Lipinski definition) is 3. The number of amides is 1. The molecule has 0 unspecified atom stereocenters. The average molecular weight is 420 g/mol. The number of alkyl halides is 3. The van der Waals surface area contributed by atoms with E-state index in [9.17, 15) is 18.0 Å². The maximum atomic E-state index is 13.3. The lowest BCUT2D eigenvalue weighted by atomic mass is 9.86. The highest BCUT2D eigenvalue weighted by Crippen LogP contribution is 2.39. The number of hydrogen-bond acceptors (Lipinski definition) is 4. The molecule has 152 valence electrons. The molecule has 1 aromatic carbocycles. The van der Waals surface area contributed by atoms with E-state index in [2.05, 4.69) is 20.6 Å². The van der Waals surface area contributed by atoms with Crippen LogP contribution in [0.3, 0.4) is 0 Å². The predicted molar refractivity (Wildman–Crippen MR) is 107 cm³/mol. The molecule has 1 amide bonds. The summed E-state index contributed by atoms with van der Waals surface area (Å²) in [6, 6.07) is 8.79. The Kier molecular flexibility index (Phi) is 5.21. The molecule has 4 rings (SSSR count). The number of fused-ring (bicyclic) bond motifs is 1. The number of benzene rings is 1. The summed E-state index contributed by atoms with van der Waals surface area (Å²) in [5.41, 5.74) is 2.74. The summed E-state index contributed by atoms with van der Waals surface area (Å²) in [6.45, 7) is 0.658. The second kappa shape index (κ2) is 7.67. The molecule has 0 bridgehead atoms. The lowest BCUT2D eigenvalue weighted by Crippen LogP contribution is -2.41. The molecule has 1 aromatic heterocycles. The van der Waals surface area contributed by atoms with E-state index in [1.54, 1.807) is 12.3 Å². The van der Waals surface area contributed by atoms with E-state index in [4.69, 9.17) is 12.2 Å². The van der Waals surface area contributed by atoms with Gasteiger partial charge in [-0.1, -0.05) is 24.3 Å². The summed E-state index contributed by atoms with van der Waals surface area (Å²) in [4.78, 5) is 16.9. The summed E-state index contributed by atoms with van der Waals surface area (Å²) in [6.07, 6.45) is -2.45. The third-order valence-electron chi connectivity index (χ3n) is 5.47. The van der Waals surface area contributed by atoms with E-state index in [0.717, 1.165) is 11.1 Å². The zero-order chi connectivity index (χ0) is 20.6. The molecule has 2 aliphatic heterocycles. The Labute approximate surface area is 171 Å². The zero-order valence-corrected chi connectivity index (χ0v) is 16.2. The van der Waals surface area contributed by atoms with E-state index in [1.165, 1.54) is 0 Å². The highest BCUT2D eigenvalue weighted by Gasteiger charge is 2.42. The number of anilines is 1. The minimum Gasteiger partial charge on any atom is -0.355 e. The molecule has 0 spiro atoms. The van der Waals surface area contributed by atoms with Gasteiger partial charge in [-0.15, -0.1) is 0 Å². The van der Waals surface area contributed by atoms with Crippen LogP contribution in [0.1, 0.15) is 40.5 Å². The monoisotopic (exact) mass is 420 g/mol. The van der Waals surface area contributed by atoms with Crippen LogP contribution >= 0.6 is 12.2 Å².